The molecular formula is C24H23N5O5. The first-order chi connectivity index (χ1) is 16.5. The van der Waals surface area contributed by atoms with Crippen LogP contribution in [-0.4, -0.2) is 49.7 Å². The molecule has 0 unspecified atom stereocenters. The topological polar surface area (TPSA) is 136 Å². The van der Waals surface area contributed by atoms with Crippen molar-refractivity contribution in [1.29, 1.82) is 0 Å². The van der Waals surface area contributed by atoms with Crippen molar-refractivity contribution < 1.29 is 24.5 Å². The maximum Gasteiger partial charge on any atom is 0.426 e. The van der Waals surface area contributed by atoms with Crippen LogP contribution in [0.1, 0.15) is 12.6 Å². The van der Waals surface area contributed by atoms with Crippen LogP contribution in [0.3, 0.4) is 0 Å². The molecule has 1 saturated heterocycles. The number of carbonyl (C=O) groups excluding carboxylic acids is 1. The van der Waals surface area contributed by atoms with Crippen LogP contribution < -0.4 is 15.4 Å². The second-order valence-corrected chi connectivity index (χ2v) is 7.84. The van der Waals surface area contributed by atoms with Crippen molar-refractivity contribution in [1.82, 2.24) is 14.5 Å². The molecule has 0 aliphatic carbocycles. The van der Waals surface area contributed by atoms with Crippen LogP contribution in [0.5, 0.6) is 6.01 Å². The van der Waals surface area contributed by atoms with Crippen LogP contribution >= 0.6 is 0 Å². The first kappa shape index (κ1) is 21.8. The number of ether oxygens (including phenoxy) is 2. The Balaban J connectivity index is 1.48. The molecule has 2 aromatic carbocycles. The highest BCUT2D eigenvalue weighted by Gasteiger charge is 2.35. The Hall–Kier alpha value is -3.99. The monoisotopic (exact) mass is 461 g/mol. The molecule has 34 heavy (non-hydrogen) atoms. The fraction of sp³-hybridized carbons (Fsp3) is 0.208. The van der Waals surface area contributed by atoms with Crippen molar-refractivity contribution in [2.75, 3.05) is 17.2 Å². The molecule has 174 valence electrons. The van der Waals surface area contributed by atoms with Crippen molar-refractivity contribution in [2.45, 2.75) is 24.9 Å². The van der Waals surface area contributed by atoms with Crippen molar-refractivity contribution in [3.8, 4) is 6.01 Å². The van der Waals surface area contributed by atoms with Crippen LogP contribution in [0.25, 0.3) is 11.0 Å². The zero-order valence-electron chi connectivity index (χ0n) is 18.1. The molecule has 1 aliphatic rings. The molecular weight excluding hydrogens is 438 g/mol. The summed E-state index contributed by atoms with van der Waals surface area (Å²) in [5.74, 6) is 0.134. The second-order valence-electron chi connectivity index (χ2n) is 7.84. The molecule has 0 radical (unpaired) electrons. The first-order valence-electron chi connectivity index (χ1n) is 10.8. The van der Waals surface area contributed by atoms with Crippen LogP contribution in [0.4, 0.5) is 22.0 Å². The van der Waals surface area contributed by atoms with Gasteiger partial charge in [-0.2, -0.15) is 9.97 Å². The fourth-order valence-electron chi connectivity index (χ4n) is 4.00. The number of hydrogen-bond donors (Lipinski definition) is 3. The molecule has 3 heterocycles. The summed E-state index contributed by atoms with van der Waals surface area (Å²) in [4.78, 5) is 23.2. The number of para-hydroxylation sites is 2. The number of nitrogens with two attached hydrogens (primary N) is 1. The number of nitrogen functional groups attached to an aromatic ring is 1. The van der Waals surface area contributed by atoms with Gasteiger partial charge in [0.15, 0.2) is 5.65 Å². The zero-order valence-corrected chi connectivity index (χ0v) is 18.1. The van der Waals surface area contributed by atoms with E-state index in [2.05, 4.69) is 9.97 Å². The summed E-state index contributed by atoms with van der Waals surface area (Å²) in [6.45, 7) is -0.300. The van der Waals surface area contributed by atoms with Gasteiger partial charge in [0, 0.05) is 12.6 Å². The van der Waals surface area contributed by atoms with E-state index in [1.165, 1.54) is 4.90 Å². The van der Waals surface area contributed by atoms with Gasteiger partial charge in [-0.3, -0.25) is 0 Å². The molecule has 0 spiro atoms. The second kappa shape index (κ2) is 9.10. The van der Waals surface area contributed by atoms with E-state index in [1.54, 1.807) is 41.1 Å². The molecule has 1 aliphatic heterocycles. The van der Waals surface area contributed by atoms with Crippen LogP contribution in [0.15, 0.2) is 72.9 Å². The van der Waals surface area contributed by atoms with Gasteiger partial charge in [0.05, 0.1) is 29.5 Å². The molecule has 10 nitrogen and oxygen atoms in total. The highest BCUT2D eigenvalue weighted by Crippen LogP contribution is 2.33. The number of nitrogens with zero attached hydrogens (tertiary/aromatic N) is 4. The van der Waals surface area contributed by atoms with E-state index in [9.17, 15) is 15.0 Å². The predicted octanol–water partition coefficient (Wildman–Crippen LogP) is 2.99. The molecule has 0 bridgehead atoms. The Labute approximate surface area is 194 Å². The summed E-state index contributed by atoms with van der Waals surface area (Å²) in [6.07, 6.45) is -0.795. The van der Waals surface area contributed by atoms with Gasteiger partial charge in [-0.05, 0) is 30.3 Å². The lowest BCUT2D eigenvalue weighted by Gasteiger charge is -2.21. The molecule has 2 aromatic heterocycles. The highest BCUT2D eigenvalue weighted by molar-refractivity contribution is 5.97. The van der Waals surface area contributed by atoms with E-state index in [0.29, 0.717) is 22.4 Å². The number of carbonyl (C=O) groups is 1. The average molecular weight is 461 g/mol. The Kier molecular flexibility index (Phi) is 5.84. The lowest BCUT2D eigenvalue weighted by molar-refractivity contribution is -0.0430. The van der Waals surface area contributed by atoms with E-state index in [-0.39, 0.29) is 24.9 Å². The standard InChI is InChI=1S/C24H23N5O5/c25-21-17-11-12-28(20-13-18(31)19(14-30)33-20)22(17)27-23(26-21)34-24(32)29(15-7-3-1-4-8-15)16-9-5-2-6-10-16/h1-12,18-20,30-31H,13-14H2,(H2,25,26,27)/t18-,19+,20+/m0/s1. The SMILES string of the molecule is Nc1nc(OC(=O)N(c2ccccc2)c2ccccc2)nc2c1ccn2[C@H]1C[C@H](O)[C@@H](CO)O1. The van der Waals surface area contributed by atoms with Crippen molar-refractivity contribution in [2.24, 2.45) is 0 Å². The normalized spacial score (nSPS) is 19.9. The van der Waals surface area contributed by atoms with Crippen LogP contribution in [0.2, 0.25) is 0 Å². The molecule has 4 aromatic rings. The number of fused-ring (bicyclic) bond motifs is 1. The summed E-state index contributed by atoms with van der Waals surface area (Å²) in [7, 11) is 0. The number of hydrogen-bond acceptors (Lipinski definition) is 8. The minimum absolute atomic E-state index is 0.134. The van der Waals surface area contributed by atoms with Crippen LogP contribution in [-0.2, 0) is 4.74 Å². The van der Waals surface area contributed by atoms with Crippen molar-refractivity contribution in [3.05, 3.63) is 72.9 Å². The van der Waals surface area contributed by atoms with Gasteiger partial charge < -0.3 is 30.0 Å². The van der Waals surface area contributed by atoms with Gasteiger partial charge in [-0.25, -0.2) is 9.69 Å². The Morgan fingerprint density at radius 2 is 1.74 bits per heavy atom. The third kappa shape index (κ3) is 4.05. The highest BCUT2D eigenvalue weighted by atomic mass is 16.6. The maximum absolute atomic E-state index is 13.3. The van der Waals surface area contributed by atoms with Gasteiger partial charge in [-0.15, -0.1) is 0 Å². The van der Waals surface area contributed by atoms with E-state index in [4.69, 9.17) is 15.2 Å². The number of aliphatic hydroxyl groups excluding tert-OH is 2. The summed E-state index contributed by atoms with van der Waals surface area (Å²) in [5, 5.41) is 20.0. The quantitative estimate of drug-likeness (QED) is 0.413. The average Bonchev–Trinajstić information content (AvgIpc) is 3.44. The van der Waals surface area contributed by atoms with Gasteiger partial charge >= 0.3 is 12.1 Å². The number of anilines is 3. The summed E-state index contributed by atoms with van der Waals surface area (Å²) >= 11 is 0. The molecule has 1 amide bonds. The Morgan fingerprint density at radius 1 is 1.09 bits per heavy atom. The van der Waals surface area contributed by atoms with Crippen molar-refractivity contribution in [3.63, 3.8) is 0 Å². The number of aliphatic hydroxyl groups is 2. The molecule has 4 N–H and O–H groups in total. The molecule has 0 saturated carbocycles. The van der Waals surface area contributed by atoms with Gasteiger partial charge in [-0.1, -0.05) is 36.4 Å². The minimum Gasteiger partial charge on any atom is -0.394 e. The number of amides is 1. The lowest BCUT2D eigenvalue weighted by Crippen LogP contribution is -2.29. The number of benzene rings is 2. The zero-order chi connectivity index (χ0) is 23.7. The van der Waals surface area contributed by atoms with Gasteiger partial charge in [0.1, 0.15) is 18.1 Å². The summed E-state index contributed by atoms with van der Waals surface area (Å²) in [5.41, 5.74) is 7.73. The van der Waals surface area contributed by atoms with Crippen molar-refractivity contribution >= 4 is 34.3 Å². The predicted molar refractivity (Wildman–Crippen MR) is 125 cm³/mol. The Bertz CT molecular complexity index is 1260. The number of aromatic nitrogens is 3. The largest absolute Gasteiger partial charge is 0.426 e. The van der Waals surface area contributed by atoms with Gasteiger partial charge in [0.2, 0.25) is 0 Å². The first-order valence-corrected chi connectivity index (χ1v) is 10.8. The van der Waals surface area contributed by atoms with Gasteiger partial charge in [0.25, 0.3) is 0 Å². The fourth-order valence-corrected chi connectivity index (χ4v) is 4.00. The molecule has 3 atom stereocenters. The number of rotatable bonds is 5. The minimum atomic E-state index is -0.811. The Morgan fingerprint density at radius 3 is 2.32 bits per heavy atom. The molecule has 5 rings (SSSR count). The van der Waals surface area contributed by atoms with E-state index < -0.39 is 24.5 Å². The third-order valence-electron chi connectivity index (χ3n) is 5.67. The smallest absolute Gasteiger partial charge is 0.394 e. The third-order valence-corrected chi connectivity index (χ3v) is 5.67. The van der Waals surface area contributed by atoms with Crippen LogP contribution in [0, 0.1) is 0 Å². The summed E-state index contributed by atoms with van der Waals surface area (Å²) < 4.78 is 13.0. The molecule has 10 heteroatoms. The van der Waals surface area contributed by atoms with E-state index in [1.807, 2.05) is 36.4 Å². The van der Waals surface area contributed by atoms with E-state index >= 15 is 0 Å². The molecule has 1 fully saturated rings. The maximum atomic E-state index is 13.3. The summed E-state index contributed by atoms with van der Waals surface area (Å²) in [6, 6.07) is 19.7. The lowest BCUT2D eigenvalue weighted by atomic mass is 10.2. The van der Waals surface area contributed by atoms with E-state index in [0.717, 1.165) is 0 Å².